The Kier molecular flexibility index (Phi) is 5.18. The molecule has 0 spiro atoms. The van der Waals surface area contributed by atoms with Gasteiger partial charge in [-0.15, -0.1) is 11.3 Å². The number of imidazole rings is 1. The molecule has 0 aliphatic carbocycles. The Morgan fingerprint density at radius 2 is 2.22 bits per heavy atom. The summed E-state index contributed by atoms with van der Waals surface area (Å²) < 4.78 is 15.4. The maximum absolute atomic E-state index is 12.8. The molecule has 0 radical (unpaired) electrons. The van der Waals surface area contributed by atoms with Crippen molar-refractivity contribution >= 4 is 49.8 Å². The van der Waals surface area contributed by atoms with Crippen molar-refractivity contribution in [3.63, 3.8) is 0 Å². The number of fused-ring (bicyclic) bond motifs is 1. The maximum Gasteiger partial charge on any atom is 0.232 e. The molecule has 4 aromatic rings. The topological polar surface area (TPSA) is 92.7 Å². The lowest BCUT2D eigenvalue weighted by Crippen LogP contribution is -2.07. The van der Waals surface area contributed by atoms with Crippen LogP contribution in [0.1, 0.15) is 19.8 Å². The average molecular weight is 418 g/mol. The number of unbranched alkanes of at least 4 members (excludes halogenated alkanes) is 1. The predicted octanol–water partition coefficient (Wildman–Crippen LogP) is 4.31. The molecule has 0 unspecified atom stereocenters. The quantitative estimate of drug-likeness (QED) is 0.472. The van der Waals surface area contributed by atoms with Gasteiger partial charge in [0.05, 0.1) is 18.2 Å². The van der Waals surface area contributed by atoms with Crippen LogP contribution in [0.4, 0.5) is 5.69 Å². The number of anilines is 1. The van der Waals surface area contributed by atoms with Crippen LogP contribution < -0.4 is 5.73 Å². The minimum absolute atomic E-state index is 0.568. The molecule has 2 N–H and O–H groups in total. The number of nitrogens with zero attached hydrogens (tertiary/aromatic N) is 4. The normalized spacial score (nSPS) is 12.7. The largest absolute Gasteiger partial charge is 0.611 e. The number of nitrogens with two attached hydrogens (primary N) is 1. The van der Waals surface area contributed by atoms with E-state index in [1.165, 1.54) is 11.3 Å². The van der Waals surface area contributed by atoms with E-state index in [1.807, 2.05) is 29.3 Å². The Morgan fingerprint density at radius 1 is 1.37 bits per heavy atom. The molecule has 0 bridgehead atoms. The highest BCUT2D eigenvalue weighted by atomic mass is 32.2. The van der Waals surface area contributed by atoms with Crippen molar-refractivity contribution in [3.05, 3.63) is 30.2 Å². The number of thiazole rings is 1. The Hall–Kier alpha value is -1.94. The fraction of sp³-hybridized carbons (Fsp3) is 0.278. The molecule has 0 aromatic carbocycles. The summed E-state index contributed by atoms with van der Waals surface area (Å²) in [5, 5.41) is 3.63. The van der Waals surface area contributed by atoms with E-state index in [2.05, 4.69) is 16.9 Å². The molecule has 140 valence electrons. The van der Waals surface area contributed by atoms with Crippen molar-refractivity contribution in [2.75, 3.05) is 11.5 Å². The number of aryl methyl sites for hydroxylation is 1. The van der Waals surface area contributed by atoms with Crippen LogP contribution in [0.25, 0.3) is 32.2 Å². The van der Waals surface area contributed by atoms with Gasteiger partial charge < -0.3 is 14.9 Å². The SMILES string of the molecule is CCCC[S@+]([O-])c1sc2nc(-c3nccs3)cc(-c3cncn3C)c2c1N. The fourth-order valence-corrected chi connectivity index (χ4v) is 6.31. The summed E-state index contributed by atoms with van der Waals surface area (Å²) in [4.78, 5) is 14.2. The molecule has 4 aromatic heterocycles. The van der Waals surface area contributed by atoms with Crippen LogP contribution >= 0.6 is 22.7 Å². The van der Waals surface area contributed by atoms with Crippen LogP contribution in [0.15, 0.2) is 34.4 Å². The van der Waals surface area contributed by atoms with Gasteiger partial charge in [0.2, 0.25) is 4.21 Å². The van der Waals surface area contributed by atoms with E-state index in [-0.39, 0.29) is 0 Å². The van der Waals surface area contributed by atoms with Gasteiger partial charge in [0.1, 0.15) is 27.0 Å². The lowest BCUT2D eigenvalue weighted by Gasteiger charge is -2.09. The molecule has 9 heteroatoms. The van der Waals surface area contributed by atoms with Crippen LogP contribution in [0, 0.1) is 0 Å². The summed E-state index contributed by atoms with van der Waals surface area (Å²) >= 11 is 1.85. The van der Waals surface area contributed by atoms with Crippen LogP contribution in [0.2, 0.25) is 0 Å². The van der Waals surface area contributed by atoms with E-state index < -0.39 is 11.2 Å². The van der Waals surface area contributed by atoms with Crippen LogP contribution in [0.5, 0.6) is 0 Å². The molecule has 0 amide bonds. The number of hydrogen-bond acceptors (Lipinski definition) is 7. The van der Waals surface area contributed by atoms with E-state index in [0.717, 1.165) is 45.0 Å². The number of hydrogen-bond donors (Lipinski definition) is 1. The van der Waals surface area contributed by atoms with E-state index >= 15 is 0 Å². The third kappa shape index (κ3) is 3.36. The van der Waals surface area contributed by atoms with E-state index in [9.17, 15) is 4.55 Å². The molecule has 1 atom stereocenters. The van der Waals surface area contributed by atoms with Crippen molar-refractivity contribution in [1.82, 2.24) is 19.5 Å². The van der Waals surface area contributed by atoms with Gasteiger partial charge in [0, 0.05) is 29.6 Å². The summed E-state index contributed by atoms with van der Waals surface area (Å²) in [5.41, 5.74) is 9.72. The molecule has 0 fully saturated rings. The highest BCUT2D eigenvalue weighted by Crippen LogP contribution is 2.43. The maximum atomic E-state index is 12.8. The number of rotatable bonds is 6. The summed E-state index contributed by atoms with van der Waals surface area (Å²) in [6.07, 6.45) is 7.25. The average Bonchev–Trinajstić information content (AvgIpc) is 3.39. The Bertz CT molecular complexity index is 1070. The first-order valence-electron chi connectivity index (χ1n) is 8.58. The second-order valence-electron chi connectivity index (χ2n) is 6.17. The first-order valence-corrected chi connectivity index (χ1v) is 11.6. The van der Waals surface area contributed by atoms with Crippen molar-refractivity contribution in [3.8, 4) is 22.0 Å². The minimum atomic E-state index is -1.11. The molecular formula is C18H19N5OS3. The molecule has 6 nitrogen and oxygen atoms in total. The van der Waals surface area contributed by atoms with Crippen molar-refractivity contribution < 1.29 is 4.55 Å². The van der Waals surface area contributed by atoms with Crippen molar-refractivity contribution in [2.24, 2.45) is 7.05 Å². The van der Waals surface area contributed by atoms with Gasteiger partial charge in [-0.05, 0) is 23.7 Å². The van der Waals surface area contributed by atoms with E-state index in [0.29, 0.717) is 15.6 Å². The molecule has 0 saturated heterocycles. The Labute approximate surface area is 168 Å². The molecular weight excluding hydrogens is 398 g/mol. The molecule has 4 heterocycles. The molecule has 4 rings (SSSR count). The highest BCUT2D eigenvalue weighted by molar-refractivity contribution is 7.93. The lowest BCUT2D eigenvalue weighted by atomic mass is 10.1. The zero-order valence-corrected chi connectivity index (χ0v) is 17.5. The predicted molar refractivity (Wildman–Crippen MR) is 114 cm³/mol. The zero-order chi connectivity index (χ0) is 19.0. The Morgan fingerprint density at radius 3 is 2.89 bits per heavy atom. The summed E-state index contributed by atoms with van der Waals surface area (Å²) in [6.45, 7) is 2.09. The Balaban J connectivity index is 1.95. The standard InChI is InChI=1S/C18H19N5OS3/c1-3-4-7-27(24)18-15(19)14-11(13-9-20-10-23(13)2)8-12(22-17(14)26-18)16-21-5-6-25-16/h5-6,8-10H,3-4,7,19H2,1-2H3/t27-/m0/s1. The molecule has 0 saturated carbocycles. The van der Waals surface area contributed by atoms with Gasteiger partial charge in [0.25, 0.3) is 0 Å². The van der Waals surface area contributed by atoms with Gasteiger partial charge >= 0.3 is 0 Å². The zero-order valence-electron chi connectivity index (χ0n) is 15.0. The van der Waals surface area contributed by atoms with Gasteiger partial charge in [-0.25, -0.2) is 15.0 Å². The molecule has 27 heavy (non-hydrogen) atoms. The van der Waals surface area contributed by atoms with Gasteiger partial charge in [0.15, 0.2) is 0 Å². The summed E-state index contributed by atoms with van der Waals surface area (Å²) in [6, 6.07) is 2.00. The van der Waals surface area contributed by atoms with Gasteiger partial charge in [-0.2, -0.15) is 0 Å². The van der Waals surface area contributed by atoms with E-state index in [4.69, 9.17) is 10.7 Å². The third-order valence-electron chi connectivity index (χ3n) is 4.30. The fourth-order valence-electron chi connectivity index (χ4n) is 2.92. The van der Waals surface area contributed by atoms with Crippen LogP contribution in [0.3, 0.4) is 0 Å². The monoisotopic (exact) mass is 417 g/mol. The molecule has 0 aliphatic rings. The summed E-state index contributed by atoms with van der Waals surface area (Å²) in [5.74, 6) is 0.619. The van der Waals surface area contributed by atoms with Crippen molar-refractivity contribution in [2.45, 2.75) is 24.0 Å². The first kappa shape index (κ1) is 18.4. The second-order valence-corrected chi connectivity index (χ2v) is 9.83. The van der Waals surface area contributed by atoms with E-state index in [1.54, 1.807) is 23.9 Å². The summed E-state index contributed by atoms with van der Waals surface area (Å²) in [7, 11) is 1.94. The number of thiophene rings is 1. The first-order chi connectivity index (χ1) is 13.1. The number of nitrogen functional groups attached to an aromatic ring is 1. The van der Waals surface area contributed by atoms with Crippen LogP contribution in [-0.4, -0.2) is 29.8 Å². The minimum Gasteiger partial charge on any atom is -0.611 e. The van der Waals surface area contributed by atoms with Crippen LogP contribution in [-0.2, 0) is 18.2 Å². The smallest absolute Gasteiger partial charge is 0.232 e. The van der Waals surface area contributed by atoms with Gasteiger partial charge in [-0.3, -0.25) is 0 Å². The number of pyridine rings is 1. The molecule has 0 aliphatic heterocycles. The highest BCUT2D eigenvalue weighted by Gasteiger charge is 2.25. The van der Waals surface area contributed by atoms with Gasteiger partial charge in [-0.1, -0.05) is 24.7 Å². The van der Waals surface area contributed by atoms with Crippen molar-refractivity contribution in [1.29, 1.82) is 0 Å². The number of aromatic nitrogens is 4. The third-order valence-corrected chi connectivity index (χ3v) is 8.09. The second kappa shape index (κ2) is 7.59. The lowest BCUT2D eigenvalue weighted by molar-refractivity contribution is 0.594.